The van der Waals surface area contributed by atoms with Crippen LogP contribution in [0.15, 0.2) is 53.3 Å². The summed E-state index contributed by atoms with van der Waals surface area (Å²) in [5.74, 6) is 1.54. The molecule has 7 nitrogen and oxygen atoms in total. The van der Waals surface area contributed by atoms with Crippen molar-refractivity contribution in [2.45, 2.75) is 46.1 Å². The fourth-order valence-corrected chi connectivity index (χ4v) is 4.37. The minimum absolute atomic E-state index is 0.0465. The minimum atomic E-state index is -0.0465. The molecule has 3 aromatic heterocycles. The number of hydrogen-bond acceptors (Lipinski definition) is 5. The van der Waals surface area contributed by atoms with Crippen LogP contribution in [0.25, 0.3) is 38.9 Å². The van der Waals surface area contributed by atoms with Crippen molar-refractivity contribution < 1.29 is 4.74 Å². The van der Waals surface area contributed by atoms with Crippen molar-refractivity contribution in [3.05, 3.63) is 64.7 Å². The zero-order valence-corrected chi connectivity index (χ0v) is 19.2. The summed E-state index contributed by atoms with van der Waals surface area (Å²) in [6, 6.07) is 15.4. The quantitative estimate of drug-likeness (QED) is 0.331. The maximum absolute atomic E-state index is 13.8. The van der Waals surface area contributed by atoms with Crippen molar-refractivity contribution in [3.8, 4) is 11.4 Å². The average Bonchev–Trinajstić information content (AvgIpc) is 3.17. The largest absolute Gasteiger partial charge is 0.497 e. The van der Waals surface area contributed by atoms with Gasteiger partial charge in [-0.2, -0.15) is 0 Å². The molecular formula is C26H27N5O2. The van der Waals surface area contributed by atoms with Crippen LogP contribution < -0.4 is 10.3 Å². The molecule has 168 valence electrons. The number of ether oxygens (including phenoxy) is 1. The standard InChI is InChI=1S/C26H27N5O2/c1-4-6-9-16-30-21(5-2)29-24-22(26(30)32)23-25(28-20-11-8-7-10-19(20)27-23)31(24)17-12-14-18(33-3)15-13-17/h7-8,10-15H,4-6,9,16H2,1-3H3. The van der Waals surface area contributed by atoms with E-state index in [0.29, 0.717) is 35.2 Å². The second kappa shape index (κ2) is 8.65. The van der Waals surface area contributed by atoms with E-state index in [4.69, 9.17) is 19.7 Å². The van der Waals surface area contributed by atoms with E-state index in [-0.39, 0.29) is 5.56 Å². The molecule has 0 bridgehead atoms. The molecule has 5 aromatic rings. The number of aryl methyl sites for hydroxylation is 1. The Morgan fingerprint density at radius 3 is 2.27 bits per heavy atom. The summed E-state index contributed by atoms with van der Waals surface area (Å²) in [6.45, 7) is 4.86. The number of hydrogen-bond donors (Lipinski definition) is 0. The summed E-state index contributed by atoms with van der Waals surface area (Å²) in [5, 5.41) is 0.521. The highest BCUT2D eigenvalue weighted by Crippen LogP contribution is 2.29. The van der Waals surface area contributed by atoms with Gasteiger partial charge in [-0.25, -0.2) is 15.0 Å². The van der Waals surface area contributed by atoms with E-state index in [9.17, 15) is 4.79 Å². The molecule has 0 fully saturated rings. The summed E-state index contributed by atoms with van der Waals surface area (Å²) in [4.78, 5) is 28.6. The lowest BCUT2D eigenvalue weighted by Crippen LogP contribution is -2.25. The Labute approximate surface area is 191 Å². The van der Waals surface area contributed by atoms with E-state index in [1.54, 1.807) is 7.11 Å². The van der Waals surface area contributed by atoms with Gasteiger partial charge in [0.15, 0.2) is 11.3 Å². The van der Waals surface area contributed by atoms with Gasteiger partial charge in [-0.15, -0.1) is 0 Å². The zero-order valence-electron chi connectivity index (χ0n) is 19.2. The second-order valence-corrected chi connectivity index (χ2v) is 8.16. The predicted octanol–water partition coefficient (Wildman–Crippen LogP) is 5.04. The van der Waals surface area contributed by atoms with E-state index >= 15 is 0 Å². The van der Waals surface area contributed by atoms with Crippen LogP contribution in [0, 0.1) is 0 Å². The molecule has 0 aliphatic heterocycles. The number of unbranched alkanes of at least 4 members (excludes halogenated alkanes) is 2. The van der Waals surface area contributed by atoms with Crippen LogP contribution in [-0.2, 0) is 13.0 Å². The summed E-state index contributed by atoms with van der Waals surface area (Å²) >= 11 is 0. The number of para-hydroxylation sites is 2. The first kappa shape index (κ1) is 21.1. The summed E-state index contributed by atoms with van der Waals surface area (Å²) in [6.07, 6.45) is 3.79. The molecule has 0 saturated heterocycles. The Bertz CT molecular complexity index is 1520. The SMILES string of the molecule is CCCCCn1c(CC)nc2c(c1=O)c1nc3ccccc3nc1n2-c1ccc(OC)cc1. The molecule has 0 atom stereocenters. The number of aromatic nitrogens is 5. The number of fused-ring (bicyclic) bond motifs is 4. The highest BCUT2D eigenvalue weighted by molar-refractivity contribution is 6.05. The van der Waals surface area contributed by atoms with E-state index in [1.807, 2.05) is 64.6 Å². The first-order chi connectivity index (χ1) is 16.2. The fraction of sp³-hybridized carbons (Fsp3) is 0.308. The van der Waals surface area contributed by atoms with Gasteiger partial charge in [0.25, 0.3) is 5.56 Å². The Kier molecular flexibility index (Phi) is 5.54. The highest BCUT2D eigenvalue weighted by atomic mass is 16.5. The van der Waals surface area contributed by atoms with Gasteiger partial charge in [-0.1, -0.05) is 38.8 Å². The Morgan fingerprint density at radius 2 is 1.61 bits per heavy atom. The number of nitrogens with zero attached hydrogens (tertiary/aromatic N) is 5. The highest BCUT2D eigenvalue weighted by Gasteiger charge is 2.22. The van der Waals surface area contributed by atoms with Crippen molar-refractivity contribution >= 4 is 33.2 Å². The molecule has 0 spiro atoms. The predicted molar refractivity (Wildman–Crippen MR) is 131 cm³/mol. The van der Waals surface area contributed by atoms with Gasteiger partial charge >= 0.3 is 0 Å². The molecule has 0 unspecified atom stereocenters. The molecule has 0 radical (unpaired) electrons. The van der Waals surface area contributed by atoms with Crippen LogP contribution >= 0.6 is 0 Å². The van der Waals surface area contributed by atoms with Gasteiger partial charge in [0, 0.05) is 18.7 Å². The zero-order chi connectivity index (χ0) is 22.9. The maximum atomic E-state index is 13.8. The van der Waals surface area contributed by atoms with E-state index < -0.39 is 0 Å². The molecule has 2 aromatic carbocycles. The van der Waals surface area contributed by atoms with Gasteiger partial charge in [0.1, 0.15) is 22.5 Å². The van der Waals surface area contributed by atoms with E-state index in [0.717, 1.165) is 47.6 Å². The van der Waals surface area contributed by atoms with Crippen molar-refractivity contribution in [3.63, 3.8) is 0 Å². The van der Waals surface area contributed by atoms with Crippen molar-refractivity contribution in [1.29, 1.82) is 0 Å². The molecule has 0 N–H and O–H groups in total. The van der Waals surface area contributed by atoms with E-state index in [1.165, 1.54) is 0 Å². The third-order valence-corrected chi connectivity index (χ3v) is 6.07. The second-order valence-electron chi connectivity index (χ2n) is 8.16. The van der Waals surface area contributed by atoms with Crippen LogP contribution in [0.5, 0.6) is 5.75 Å². The lowest BCUT2D eigenvalue weighted by Gasteiger charge is -2.12. The number of rotatable bonds is 7. The van der Waals surface area contributed by atoms with Crippen molar-refractivity contribution in [2.24, 2.45) is 0 Å². The molecule has 0 amide bonds. The summed E-state index contributed by atoms with van der Waals surface area (Å²) < 4.78 is 9.10. The van der Waals surface area contributed by atoms with Crippen LogP contribution in [0.2, 0.25) is 0 Å². The monoisotopic (exact) mass is 441 g/mol. The normalized spacial score (nSPS) is 11.6. The molecule has 0 saturated carbocycles. The van der Waals surface area contributed by atoms with E-state index in [2.05, 4.69) is 6.92 Å². The van der Waals surface area contributed by atoms with Crippen molar-refractivity contribution in [1.82, 2.24) is 24.1 Å². The van der Waals surface area contributed by atoms with Crippen LogP contribution in [0.1, 0.15) is 38.9 Å². The van der Waals surface area contributed by atoms with Gasteiger partial charge < -0.3 is 4.74 Å². The fourth-order valence-electron chi connectivity index (χ4n) is 4.37. The minimum Gasteiger partial charge on any atom is -0.497 e. The van der Waals surface area contributed by atoms with Gasteiger partial charge in [0.05, 0.1) is 18.1 Å². The molecule has 0 aliphatic rings. The first-order valence-electron chi connectivity index (χ1n) is 11.5. The molecule has 0 aliphatic carbocycles. The molecule has 3 heterocycles. The first-order valence-corrected chi connectivity index (χ1v) is 11.5. The van der Waals surface area contributed by atoms with Crippen LogP contribution in [0.4, 0.5) is 0 Å². The summed E-state index contributed by atoms with van der Waals surface area (Å²) in [5.41, 5.74) is 4.17. The topological polar surface area (TPSA) is 74.8 Å². The third kappa shape index (κ3) is 3.53. The molecular weight excluding hydrogens is 414 g/mol. The van der Waals surface area contributed by atoms with Crippen LogP contribution in [-0.4, -0.2) is 31.2 Å². The Balaban J connectivity index is 1.89. The average molecular weight is 442 g/mol. The van der Waals surface area contributed by atoms with Crippen LogP contribution in [0.3, 0.4) is 0 Å². The number of methoxy groups -OCH3 is 1. The molecule has 7 heteroatoms. The van der Waals surface area contributed by atoms with Gasteiger partial charge in [-0.05, 0) is 42.8 Å². The molecule has 5 rings (SSSR count). The van der Waals surface area contributed by atoms with Gasteiger partial charge in [-0.3, -0.25) is 13.9 Å². The lowest BCUT2D eigenvalue weighted by atomic mass is 10.2. The Hall–Kier alpha value is -3.74. The lowest BCUT2D eigenvalue weighted by molar-refractivity contribution is 0.415. The number of benzene rings is 2. The Morgan fingerprint density at radius 1 is 0.879 bits per heavy atom. The third-order valence-electron chi connectivity index (χ3n) is 6.07. The molecule has 33 heavy (non-hydrogen) atoms. The van der Waals surface area contributed by atoms with Gasteiger partial charge in [0.2, 0.25) is 0 Å². The van der Waals surface area contributed by atoms with Crippen molar-refractivity contribution in [2.75, 3.05) is 7.11 Å². The smallest absolute Gasteiger partial charge is 0.265 e. The maximum Gasteiger partial charge on any atom is 0.265 e. The summed E-state index contributed by atoms with van der Waals surface area (Å²) in [7, 11) is 1.64.